The lowest BCUT2D eigenvalue weighted by Crippen LogP contribution is -2.33. The minimum absolute atomic E-state index is 0.0401. The van der Waals surface area contributed by atoms with Crippen LogP contribution in [0.5, 0.6) is 0 Å². The first-order valence-electron chi connectivity index (χ1n) is 8.67. The summed E-state index contributed by atoms with van der Waals surface area (Å²) in [6.45, 7) is 2.05. The Balaban J connectivity index is 1.84. The zero-order valence-electron chi connectivity index (χ0n) is 14.8. The Labute approximate surface area is 163 Å². The molecule has 144 valence electrons. The van der Waals surface area contributed by atoms with Gasteiger partial charge in [-0.15, -0.1) is 0 Å². The molecule has 2 aromatic carbocycles. The number of benzene rings is 2. The Bertz CT molecular complexity index is 924. The van der Waals surface area contributed by atoms with Crippen molar-refractivity contribution in [1.29, 1.82) is 0 Å². The molecule has 1 fully saturated rings. The van der Waals surface area contributed by atoms with Crippen molar-refractivity contribution in [2.75, 3.05) is 6.54 Å². The molecule has 5 nitrogen and oxygen atoms in total. The Morgan fingerprint density at radius 3 is 2.44 bits per heavy atom. The molecule has 2 aromatic rings. The molecule has 1 aliphatic rings. The van der Waals surface area contributed by atoms with Gasteiger partial charge in [-0.2, -0.15) is 0 Å². The Hall–Kier alpha value is -1.96. The smallest absolute Gasteiger partial charge is 0.254 e. The van der Waals surface area contributed by atoms with E-state index in [1.807, 2.05) is 0 Å². The summed E-state index contributed by atoms with van der Waals surface area (Å²) in [4.78, 5) is 14.6. The number of hydrogen-bond donors (Lipinski definition) is 1. The number of carbonyl (C=O) groups is 1. The number of nitrogens with one attached hydrogen (secondary N) is 1. The molecule has 0 atom stereocenters. The van der Waals surface area contributed by atoms with Gasteiger partial charge in [-0.3, -0.25) is 4.79 Å². The molecule has 1 saturated carbocycles. The normalized spacial score (nSPS) is 14.2. The Kier molecular flexibility index (Phi) is 5.83. The number of halogens is 2. The number of rotatable bonds is 7. The average molecular weight is 411 g/mol. The highest BCUT2D eigenvalue weighted by atomic mass is 35.5. The summed E-state index contributed by atoms with van der Waals surface area (Å²) in [6, 6.07) is 10.2. The van der Waals surface area contributed by atoms with E-state index in [1.54, 1.807) is 17.9 Å². The Morgan fingerprint density at radius 2 is 1.89 bits per heavy atom. The van der Waals surface area contributed by atoms with Crippen molar-refractivity contribution in [3.8, 4) is 0 Å². The van der Waals surface area contributed by atoms with Crippen LogP contribution < -0.4 is 4.72 Å². The first-order chi connectivity index (χ1) is 12.8. The molecule has 0 saturated heterocycles. The van der Waals surface area contributed by atoms with Gasteiger partial charge in [-0.25, -0.2) is 17.5 Å². The fourth-order valence-electron chi connectivity index (χ4n) is 2.82. The topological polar surface area (TPSA) is 66.5 Å². The van der Waals surface area contributed by atoms with E-state index in [4.69, 9.17) is 11.6 Å². The predicted octanol–water partition coefficient (Wildman–Crippen LogP) is 3.58. The number of nitrogens with zero attached hydrogens (tertiary/aromatic N) is 1. The summed E-state index contributed by atoms with van der Waals surface area (Å²) < 4.78 is 40.6. The first-order valence-corrected chi connectivity index (χ1v) is 10.5. The van der Waals surface area contributed by atoms with Crippen molar-refractivity contribution in [3.63, 3.8) is 0 Å². The monoisotopic (exact) mass is 410 g/mol. The molecule has 0 unspecified atom stereocenters. The van der Waals surface area contributed by atoms with Crippen molar-refractivity contribution in [3.05, 3.63) is 64.4 Å². The second-order valence-corrected chi connectivity index (χ2v) is 8.56. The van der Waals surface area contributed by atoms with Crippen LogP contribution >= 0.6 is 11.6 Å². The van der Waals surface area contributed by atoms with Crippen LogP contribution in [0.1, 0.15) is 35.7 Å². The molecule has 27 heavy (non-hydrogen) atoms. The lowest BCUT2D eigenvalue weighted by atomic mass is 10.1. The summed E-state index contributed by atoms with van der Waals surface area (Å²) >= 11 is 6.10. The van der Waals surface area contributed by atoms with E-state index in [0.29, 0.717) is 5.56 Å². The highest BCUT2D eigenvalue weighted by molar-refractivity contribution is 7.89. The molecular weight excluding hydrogens is 391 g/mol. The van der Waals surface area contributed by atoms with Gasteiger partial charge in [-0.1, -0.05) is 24.6 Å². The van der Waals surface area contributed by atoms with Gasteiger partial charge in [0.2, 0.25) is 10.0 Å². The third-order valence-electron chi connectivity index (χ3n) is 4.38. The highest BCUT2D eigenvalue weighted by Crippen LogP contribution is 2.32. The molecule has 1 aliphatic carbocycles. The zero-order valence-corrected chi connectivity index (χ0v) is 16.4. The lowest BCUT2D eigenvalue weighted by molar-refractivity contribution is 0.0728. The minimum Gasteiger partial charge on any atom is -0.331 e. The predicted molar refractivity (Wildman–Crippen MR) is 102 cm³/mol. The quantitative estimate of drug-likeness (QED) is 0.758. The molecule has 0 spiro atoms. The molecule has 0 aromatic heterocycles. The summed E-state index contributed by atoms with van der Waals surface area (Å²) in [6.07, 6.45) is 1.70. The zero-order chi connectivity index (χ0) is 19.6. The standard InChI is InChI=1S/C19H20ClFN2O3S/c1-2-22-27(25,26)15-10-6-13(7-11-15)19(24)23(14-8-9-14)12-16-17(20)4-3-5-18(16)21/h3-7,10-11,14,22H,2,8-9,12H2,1H3. The van der Waals surface area contributed by atoms with Crippen LogP contribution in [-0.4, -0.2) is 31.8 Å². The van der Waals surface area contributed by atoms with Crippen LogP contribution in [0.2, 0.25) is 5.02 Å². The molecule has 3 rings (SSSR count). The van der Waals surface area contributed by atoms with Crippen molar-refractivity contribution in [2.24, 2.45) is 0 Å². The van der Waals surface area contributed by atoms with Crippen molar-refractivity contribution in [1.82, 2.24) is 9.62 Å². The molecule has 0 bridgehead atoms. The van der Waals surface area contributed by atoms with Gasteiger partial charge < -0.3 is 4.90 Å². The van der Waals surface area contributed by atoms with Gasteiger partial charge in [0.15, 0.2) is 0 Å². The van der Waals surface area contributed by atoms with E-state index in [0.717, 1.165) is 12.8 Å². The van der Waals surface area contributed by atoms with Crippen molar-refractivity contribution >= 4 is 27.5 Å². The first kappa shape index (κ1) is 19.8. The maximum atomic E-state index is 14.1. The maximum Gasteiger partial charge on any atom is 0.254 e. The molecule has 1 amide bonds. The van der Waals surface area contributed by atoms with Crippen LogP contribution in [-0.2, 0) is 16.6 Å². The summed E-state index contributed by atoms with van der Waals surface area (Å²) in [7, 11) is -3.58. The molecule has 8 heteroatoms. The number of hydrogen-bond acceptors (Lipinski definition) is 3. The van der Waals surface area contributed by atoms with Crippen molar-refractivity contribution in [2.45, 2.75) is 37.2 Å². The van der Waals surface area contributed by atoms with Gasteiger partial charge in [0.1, 0.15) is 5.82 Å². The number of amides is 1. The Morgan fingerprint density at radius 1 is 1.22 bits per heavy atom. The average Bonchev–Trinajstić information content (AvgIpc) is 3.46. The molecule has 0 aliphatic heterocycles. The van der Waals surface area contributed by atoms with Crippen LogP contribution in [0.25, 0.3) is 0 Å². The van der Waals surface area contributed by atoms with Crippen LogP contribution in [0, 0.1) is 5.82 Å². The van der Waals surface area contributed by atoms with Crippen LogP contribution in [0.15, 0.2) is 47.4 Å². The minimum atomic E-state index is -3.58. The second-order valence-electron chi connectivity index (χ2n) is 6.39. The molecule has 0 heterocycles. The largest absolute Gasteiger partial charge is 0.331 e. The number of carbonyl (C=O) groups excluding carboxylic acids is 1. The van der Waals surface area contributed by atoms with E-state index >= 15 is 0 Å². The third kappa shape index (κ3) is 4.48. The fourth-order valence-corrected chi connectivity index (χ4v) is 4.09. The van der Waals surface area contributed by atoms with Crippen molar-refractivity contribution < 1.29 is 17.6 Å². The van der Waals surface area contributed by atoms with Gasteiger partial charge in [0.25, 0.3) is 5.91 Å². The van der Waals surface area contributed by atoms with Crippen LogP contribution in [0.3, 0.4) is 0 Å². The summed E-state index contributed by atoms with van der Waals surface area (Å²) in [5, 5.41) is 0.278. The molecular formula is C19H20ClFN2O3S. The van der Waals surface area contributed by atoms with Gasteiger partial charge >= 0.3 is 0 Å². The van der Waals surface area contributed by atoms with Gasteiger partial charge in [0, 0.05) is 28.7 Å². The summed E-state index contributed by atoms with van der Waals surface area (Å²) in [5.74, 6) is -0.725. The van der Waals surface area contributed by atoms with E-state index < -0.39 is 15.8 Å². The van der Waals surface area contributed by atoms with E-state index in [-0.39, 0.29) is 40.5 Å². The number of sulfonamides is 1. The van der Waals surface area contributed by atoms with E-state index in [1.165, 1.54) is 36.4 Å². The van der Waals surface area contributed by atoms with E-state index in [9.17, 15) is 17.6 Å². The van der Waals surface area contributed by atoms with Gasteiger partial charge in [0.05, 0.1) is 11.4 Å². The molecule has 1 N–H and O–H groups in total. The van der Waals surface area contributed by atoms with Gasteiger partial charge in [-0.05, 0) is 49.2 Å². The lowest BCUT2D eigenvalue weighted by Gasteiger charge is -2.23. The van der Waals surface area contributed by atoms with Crippen LogP contribution in [0.4, 0.5) is 4.39 Å². The maximum absolute atomic E-state index is 14.1. The third-order valence-corrected chi connectivity index (χ3v) is 6.30. The fraction of sp³-hybridized carbons (Fsp3) is 0.316. The SMILES string of the molecule is CCNS(=O)(=O)c1ccc(C(=O)N(Cc2c(F)cccc2Cl)C2CC2)cc1. The van der Waals surface area contributed by atoms with E-state index in [2.05, 4.69) is 4.72 Å². The highest BCUT2D eigenvalue weighted by Gasteiger charge is 2.34. The molecule has 0 radical (unpaired) electrons. The summed E-state index contributed by atoms with van der Waals surface area (Å²) in [5.41, 5.74) is 0.635. The second kappa shape index (κ2) is 7.96.